The number of aromatic nitrogens is 1. The molecule has 0 spiro atoms. The van der Waals surface area contributed by atoms with Gasteiger partial charge in [-0.15, -0.1) is 11.8 Å². The van der Waals surface area contributed by atoms with Gasteiger partial charge in [0, 0.05) is 46.7 Å². The van der Waals surface area contributed by atoms with Crippen LogP contribution >= 0.6 is 23.4 Å². The third kappa shape index (κ3) is 5.88. The number of aromatic amines is 1. The number of pyridine rings is 1. The number of hydrogen-bond donors (Lipinski definition) is 2. The number of alkyl halides is 3. The average Bonchev–Trinajstić information content (AvgIpc) is 3.19. The third-order valence-corrected chi connectivity index (χ3v) is 7.99. The van der Waals surface area contributed by atoms with Crippen molar-refractivity contribution in [1.29, 1.82) is 0 Å². The Morgan fingerprint density at radius 2 is 1.89 bits per heavy atom. The van der Waals surface area contributed by atoms with Crippen LogP contribution in [0.5, 0.6) is 11.5 Å². The Hall–Kier alpha value is -2.37. The molecule has 0 unspecified atom stereocenters. The van der Waals surface area contributed by atoms with E-state index >= 15 is 0 Å². The second kappa shape index (κ2) is 10.4. The summed E-state index contributed by atoms with van der Waals surface area (Å²) in [4.78, 5) is 30.4. The largest absolute Gasteiger partial charge is 0.448 e. The number of thioether (sulfide) groups is 1. The smallest absolute Gasteiger partial charge is 0.401 e. The number of nitrogens with one attached hydrogen (secondary N) is 2. The van der Waals surface area contributed by atoms with E-state index in [1.807, 2.05) is 12.3 Å². The van der Waals surface area contributed by atoms with Crippen molar-refractivity contribution in [3.63, 3.8) is 0 Å². The van der Waals surface area contributed by atoms with Gasteiger partial charge in [-0.2, -0.15) is 13.2 Å². The number of carbonyl (C=O) groups is 1. The first-order chi connectivity index (χ1) is 17.3. The third-order valence-electron chi connectivity index (χ3n) is 6.90. The molecule has 1 saturated heterocycles. The van der Waals surface area contributed by atoms with Gasteiger partial charge in [-0.25, -0.2) is 0 Å². The summed E-state index contributed by atoms with van der Waals surface area (Å²) in [6.45, 7) is 4.91. The first-order valence-corrected chi connectivity index (χ1v) is 13.5. The van der Waals surface area contributed by atoms with Gasteiger partial charge in [0.25, 0.3) is 17.3 Å². The highest BCUT2D eigenvalue weighted by atomic mass is 35.5. The van der Waals surface area contributed by atoms with Crippen LogP contribution in [0.3, 0.4) is 0 Å². The molecule has 2 aromatic rings. The van der Waals surface area contributed by atoms with Gasteiger partial charge >= 0.3 is 6.18 Å². The number of ether oxygens (including phenoxy) is 2. The summed E-state index contributed by atoms with van der Waals surface area (Å²) in [5.41, 5.74) is 1.74. The number of carbonyl (C=O) groups excluding carboxylic acids is 1. The molecule has 37 heavy (non-hydrogen) atoms. The second-order valence-corrected chi connectivity index (χ2v) is 10.8. The molecule has 1 aromatic heterocycles. The fourth-order valence-electron chi connectivity index (χ4n) is 4.92. The number of amides is 1. The van der Waals surface area contributed by atoms with E-state index in [4.69, 9.17) is 21.1 Å². The van der Waals surface area contributed by atoms with E-state index in [0.717, 1.165) is 10.6 Å². The van der Waals surface area contributed by atoms with Crippen molar-refractivity contribution in [3.05, 3.63) is 49.9 Å². The van der Waals surface area contributed by atoms with Crippen LogP contribution in [0.15, 0.2) is 21.8 Å². The van der Waals surface area contributed by atoms with Crippen LogP contribution in [0, 0.1) is 19.8 Å². The highest BCUT2D eigenvalue weighted by Crippen LogP contribution is 2.51. The highest BCUT2D eigenvalue weighted by molar-refractivity contribution is 7.98. The zero-order valence-corrected chi connectivity index (χ0v) is 22.5. The summed E-state index contributed by atoms with van der Waals surface area (Å²) >= 11 is 7.91. The molecular weight excluding hydrogens is 531 g/mol. The number of halogens is 4. The van der Waals surface area contributed by atoms with E-state index in [1.165, 1.54) is 22.7 Å². The van der Waals surface area contributed by atoms with Crippen LogP contribution in [0.1, 0.15) is 46.9 Å². The topological polar surface area (TPSA) is 83.7 Å². The number of nitrogens with zero attached hydrogens (tertiary/aromatic N) is 1. The predicted octanol–water partition coefficient (Wildman–Crippen LogP) is 5.06. The van der Waals surface area contributed by atoms with Gasteiger partial charge in [-0.1, -0.05) is 11.6 Å². The van der Waals surface area contributed by atoms with Gasteiger partial charge in [0.2, 0.25) is 0 Å². The highest BCUT2D eigenvalue weighted by Gasteiger charge is 2.48. The Balaban J connectivity index is 1.49. The monoisotopic (exact) mass is 559 g/mol. The maximum absolute atomic E-state index is 13.1. The van der Waals surface area contributed by atoms with Crippen molar-refractivity contribution in [2.75, 3.05) is 25.9 Å². The number of rotatable bonds is 6. The molecule has 1 atom stereocenters. The molecule has 2 aliphatic rings. The Morgan fingerprint density at radius 1 is 1.24 bits per heavy atom. The van der Waals surface area contributed by atoms with Crippen LogP contribution in [-0.2, 0) is 6.54 Å². The molecule has 2 N–H and O–H groups in total. The minimum Gasteiger partial charge on any atom is -0.448 e. The average molecular weight is 560 g/mol. The van der Waals surface area contributed by atoms with E-state index in [2.05, 4.69) is 10.3 Å². The molecule has 4 rings (SSSR count). The maximum Gasteiger partial charge on any atom is 0.401 e. The van der Waals surface area contributed by atoms with Gasteiger partial charge in [0.05, 0.1) is 11.6 Å². The number of likely N-dealkylation sites (tertiary alicyclic amines) is 1. The number of hydrogen-bond acceptors (Lipinski definition) is 6. The van der Waals surface area contributed by atoms with Gasteiger partial charge < -0.3 is 19.8 Å². The molecule has 0 bridgehead atoms. The molecule has 0 radical (unpaired) electrons. The predicted molar refractivity (Wildman–Crippen MR) is 136 cm³/mol. The van der Waals surface area contributed by atoms with E-state index in [1.54, 1.807) is 20.8 Å². The van der Waals surface area contributed by atoms with Crippen molar-refractivity contribution in [3.8, 4) is 11.5 Å². The first kappa shape index (κ1) is 27.7. The fraction of sp³-hybridized carbons (Fsp3) is 0.520. The summed E-state index contributed by atoms with van der Waals surface area (Å²) in [7, 11) is 0. The lowest BCUT2D eigenvalue weighted by Crippen LogP contribution is -2.49. The van der Waals surface area contributed by atoms with E-state index in [9.17, 15) is 22.8 Å². The van der Waals surface area contributed by atoms with E-state index in [-0.39, 0.29) is 41.7 Å². The van der Waals surface area contributed by atoms with Crippen molar-refractivity contribution in [1.82, 2.24) is 15.2 Å². The summed E-state index contributed by atoms with van der Waals surface area (Å²) in [6.07, 6.45) is -1.45. The van der Waals surface area contributed by atoms with Crippen LogP contribution in [0.2, 0.25) is 5.02 Å². The lowest BCUT2D eigenvalue weighted by molar-refractivity contribution is -0.159. The number of fused-ring (bicyclic) bond motifs is 1. The number of H-pyrrole nitrogens is 1. The van der Waals surface area contributed by atoms with Crippen LogP contribution in [-0.4, -0.2) is 53.6 Å². The number of piperidine rings is 1. The number of benzene rings is 1. The van der Waals surface area contributed by atoms with Crippen LogP contribution < -0.4 is 20.3 Å². The molecule has 1 aromatic carbocycles. The van der Waals surface area contributed by atoms with Crippen molar-refractivity contribution in [2.24, 2.45) is 5.92 Å². The van der Waals surface area contributed by atoms with E-state index in [0.29, 0.717) is 35.5 Å². The molecule has 2 aliphatic heterocycles. The zero-order valence-electron chi connectivity index (χ0n) is 21.0. The lowest BCUT2D eigenvalue weighted by Gasteiger charge is -2.38. The summed E-state index contributed by atoms with van der Waals surface area (Å²) in [6, 6.07) is 3.35. The second-order valence-electron chi connectivity index (χ2n) is 9.59. The molecule has 7 nitrogen and oxygen atoms in total. The molecular formula is C25H29ClF3N3O4S. The SMILES string of the molecule is CSc1cc(C)[nH]c(=O)c1CNC(=O)c1cc(Cl)c2c(c1C)O[C@](C)(C1CCN(CC(F)(F)F)CC1)O2. The van der Waals surface area contributed by atoms with E-state index < -0.39 is 24.4 Å². The quantitative estimate of drug-likeness (QED) is 0.482. The first-order valence-electron chi connectivity index (χ1n) is 11.9. The van der Waals surface area contributed by atoms with Crippen molar-refractivity contribution >= 4 is 29.3 Å². The Bertz CT molecular complexity index is 1260. The standard InChI is InChI=1S/C25H29ClF3N3O4S/c1-13-9-19(37-4)17(23(34)31-13)11-30-22(33)16-10-18(26)21-20(14(16)2)35-24(3,36-21)15-5-7-32(8-6-15)12-25(27,28)29/h9-10,15H,5-8,11-12H2,1-4H3,(H,30,33)(H,31,34)/t24-/m0/s1. The summed E-state index contributed by atoms with van der Waals surface area (Å²) in [5.74, 6) is -1.04. The van der Waals surface area contributed by atoms with Crippen LogP contribution in [0.25, 0.3) is 0 Å². The molecule has 3 heterocycles. The lowest BCUT2D eigenvalue weighted by atomic mass is 9.89. The minimum absolute atomic E-state index is 0.0321. The van der Waals surface area contributed by atoms with Gasteiger partial charge in [0.15, 0.2) is 11.5 Å². The molecule has 0 saturated carbocycles. The molecule has 1 fully saturated rings. The Morgan fingerprint density at radius 3 is 2.51 bits per heavy atom. The van der Waals surface area contributed by atoms with Gasteiger partial charge in [-0.05, 0) is 58.2 Å². The van der Waals surface area contributed by atoms with Crippen molar-refractivity contribution in [2.45, 2.75) is 57.0 Å². The normalized spacial score (nSPS) is 20.3. The zero-order chi connectivity index (χ0) is 27.1. The maximum atomic E-state index is 13.1. The molecule has 12 heteroatoms. The van der Waals surface area contributed by atoms with Gasteiger partial charge in [0.1, 0.15) is 0 Å². The minimum atomic E-state index is -4.24. The summed E-state index contributed by atoms with van der Waals surface area (Å²) in [5, 5.41) is 2.99. The Kier molecular flexibility index (Phi) is 7.79. The molecule has 0 aliphatic carbocycles. The van der Waals surface area contributed by atoms with Crippen LogP contribution in [0.4, 0.5) is 13.2 Å². The molecule has 1 amide bonds. The summed E-state index contributed by atoms with van der Waals surface area (Å²) < 4.78 is 50.6. The Labute approximate surface area is 222 Å². The number of aryl methyl sites for hydroxylation is 1. The fourth-order valence-corrected chi connectivity index (χ4v) is 5.86. The molecule has 202 valence electrons. The van der Waals surface area contributed by atoms with Gasteiger partial charge in [-0.3, -0.25) is 14.5 Å². The van der Waals surface area contributed by atoms with Crippen molar-refractivity contribution < 1.29 is 27.4 Å².